The number of hydrogen-bond acceptors (Lipinski definition) is 14. The van der Waals surface area contributed by atoms with E-state index >= 15 is 0 Å². The molecule has 0 aliphatic heterocycles. The van der Waals surface area contributed by atoms with Crippen LogP contribution in [-0.4, -0.2) is 108 Å². The second-order valence-electron chi connectivity index (χ2n) is 7.66. The van der Waals surface area contributed by atoms with Gasteiger partial charge in [-0.3, -0.25) is 0 Å². The van der Waals surface area contributed by atoms with E-state index in [1.165, 1.54) is 0 Å². The molecule has 0 saturated carbocycles. The molecule has 0 heterocycles. The molecule has 0 unspecified atom stereocenters. The molecule has 15 nitrogen and oxygen atoms in total. The van der Waals surface area contributed by atoms with E-state index < -0.39 is 42.0 Å². The summed E-state index contributed by atoms with van der Waals surface area (Å²) in [5.74, 6) is 0. The van der Waals surface area contributed by atoms with Crippen molar-refractivity contribution in [1.82, 2.24) is 0 Å². The number of hydrogen-bond donors (Lipinski definition) is 1. The molecule has 246 valence electrons. The number of nitrogens with two attached hydrogens (primary N) is 1. The minimum absolute atomic E-state index is 0.0200. The van der Waals surface area contributed by atoms with Crippen molar-refractivity contribution in [3.8, 4) is 0 Å². The van der Waals surface area contributed by atoms with E-state index in [1.807, 2.05) is 0 Å². The van der Waals surface area contributed by atoms with Crippen molar-refractivity contribution in [2.75, 3.05) is 66.1 Å². The second-order valence-corrected chi connectivity index (χ2v) is 17.6. The Morgan fingerprint density at radius 2 is 0.732 bits per heavy atom. The third-order valence-electron chi connectivity index (χ3n) is 4.60. The zero-order chi connectivity index (χ0) is 31.3. The average molecular weight is 668 g/mol. The fourth-order valence-corrected chi connectivity index (χ4v) is 17.5. The Morgan fingerprint density at radius 1 is 0.488 bits per heavy atom. The van der Waals surface area contributed by atoms with E-state index in [1.54, 1.807) is 62.3 Å². The highest BCUT2D eigenvalue weighted by Crippen LogP contribution is 2.33. The fraction of sp³-hybridized carbons (Fsp3) is 0.955. The van der Waals surface area contributed by atoms with Crippen LogP contribution in [0.4, 0.5) is 4.79 Å². The summed E-state index contributed by atoms with van der Waals surface area (Å²) in [7, 11) is -16.2. The summed E-state index contributed by atoms with van der Waals surface area (Å²) in [6, 6.07) is 0.0200. The zero-order valence-electron chi connectivity index (χ0n) is 26.3. The molecule has 2 N–H and O–H groups in total. The van der Waals surface area contributed by atoms with Crippen molar-refractivity contribution in [3.05, 3.63) is 0 Å². The van der Waals surface area contributed by atoms with Crippen LogP contribution in [0.5, 0.6) is 0 Å². The third-order valence-corrected chi connectivity index (χ3v) is 18.1. The summed E-state index contributed by atoms with van der Waals surface area (Å²) in [5, 5.41) is 0. The third kappa shape index (κ3) is 14.8. The minimum atomic E-state index is -4.28. The Kier molecular flexibility index (Phi) is 22.0. The lowest BCUT2D eigenvalue weighted by Crippen LogP contribution is -2.70. The number of ether oxygens (including phenoxy) is 1. The summed E-state index contributed by atoms with van der Waals surface area (Å²) < 4.78 is 79.4. The van der Waals surface area contributed by atoms with Gasteiger partial charge in [0.1, 0.15) is 0 Å². The van der Waals surface area contributed by atoms with E-state index in [-0.39, 0.29) is 78.5 Å². The molecule has 0 radical (unpaired) electrons. The maximum atomic E-state index is 11.3. The fourth-order valence-electron chi connectivity index (χ4n) is 3.48. The molecular weight excluding hydrogens is 615 g/mol. The Labute approximate surface area is 250 Å². The Morgan fingerprint density at radius 3 is 0.927 bits per heavy atom. The molecule has 0 aromatic heterocycles. The standard InChI is InChI=1S/C22H53NO14Si4/c1-10-26-39(27-11-2,28-12-3)35-38(21-19-20-25-22(23)24,36-40(29-13-4,30-14-5)31-15-6)37-41(32-16-7,33-17-8)34-18-9/h10-21H2,1-9H3,(H2,23,24). The molecule has 0 aliphatic rings. The first-order valence-electron chi connectivity index (χ1n) is 14.4. The molecule has 0 fully saturated rings. The predicted octanol–water partition coefficient (Wildman–Crippen LogP) is 3.10. The normalized spacial score (nSPS) is 13.1. The monoisotopic (exact) mass is 667 g/mol. The number of amides is 1. The molecule has 0 atom stereocenters. The summed E-state index contributed by atoms with van der Waals surface area (Å²) in [6.07, 6.45) is -0.738. The van der Waals surface area contributed by atoms with Crippen molar-refractivity contribution in [1.29, 1.82) is 0 Å². The Bertz CT molecular complexity index is 564. The highest BCUT2D eigenvalue weighted by Gasteiger charge is 2.67. The Hall–Kier alpha value is -0.342. The van der Waals surface area contributed by atoms with Crippen molar-refractivity contribution < 1.29 is 61.7 Å². The lowest BCUT2D eigenvalue weighted by atomic mass is 10.5. The maximum absolute atomic E-state index is 11.3. The molecule has 0 aliphatic carbocycles. The van der Waals surface area contributed by atoms with Crippen LogP contribution in [0.25, 0.3) is 0 Å². The minimum Gasteiger partial charge on any atom is -0.450 e. The second kappa shape index (κ2) is 22.2. The van der Waals surface area contributed by atoms with Gasteiger partial charge in [0.05, 0.1) is 6.61 Å². The van der Waals surface area contributed by atoms with Crippen LogP contribution < -0.4 is 5.73 Å². The highest BCUT2D eigenvalue weighted by atomic mass is 28.5. The average Bonchev–Trinajstić information content (AvgIpc) is 2.88. The topological polar surface area (TPSA) is 163 Å². The molecule has 19 heteroatoms. The van der Waals surface area contributed by atoms with Crippen molar-refractivity contribution in [2.24, 2.45) is 5.73 Å². The van der Waals surface area contributed by atoms with E-state index in [4.69, 9.17) is 62.7 Å². The van der Waals surface area contributed by atoms with Gasteiger partial charge in [0.2, 0.25) is 0 Å². The molecule has 0 saturated heterocycles. The van der Waals surface area contributed by atoms with E-state index in [0.717, 1.165) is 0 Å². The van der Waals surface area contributed by atoms with Crippen LogP contribution >= 0.6 is 0 Å². The smallest absolute Gasteiger partial charge is 0.450 e. The maximum Gasteiger partial charge on any atom is 0.672 e. The van der Waals surface area contributed by atoms with Gasteiger partial charge in [0, 0.05) is 65.5 Å². The Balaban J connectivity index is 7.33. The van der Waals surface area contributed by atoms with Gasteiger partial charge in [-0.2, -0.15) is 0 Å². The summed E-state index contributed by atoms with van der Waals surface area (Å²) in [4.78, 5) is 11.3. The van der Waals surface area contributed by atoms with Gasteiger partial charge in [-0.25, -0.2) is 4.79 Å². The van der Waals surface area contributed by atoms with E-state index in [0.29, 0.717) is 0 Å². The lowest BCUT2D eigenvalue weighted by molar-refractivity contribution is -0.0548. The van der Waals surface area contributed by atoms with Crippen LogP contribution in [0, 0.1) is 0 Å². The first-order valence-corrected chi connectivity index (χ1v) is 21.2. The molecule has 0 rings (SSSR count). The highest BCUT2D eigenvalue weighted by molar-refractivity contribution is 6.82. The quantitative estimate of drug-likeness (QED) is 0.0956. The molecule has 0 aromatic carbocycles. The number of primary amides is 1. The predicted molar refractivity (Wildman–Crippen MR) is 156 cm³/mol. The van der Waals surface area contributed by atoms with Gasteiger partial charge in [-0.15, -0.1) is 0 Å². The first-order chi connectivity index (χ1) is 19.6. The number of rotatable bonds is 28. The lowest BCUT2D eigenvalue weighted by Gasteiger charge is -2.43. The van der Waals surface area contributed by atoms with Gasteiger partial charge >= 0.3 is 42.0 Å². The van der Waals surface area contributed by atoms with Crippen LogP contribution in [-0.2, 0) is 56.9 Å². The van der Waals surface area contributed by atoms with Crippen LogP contribution in [0.1, 0.15) is 68.7 Å². The molecule has 0 spiro atoms. The zero-order valence-corrected chi connectivity index (χ0v) is 30.3. The van der Waals surface area contributed by atoms with Gasteiger partial charge in [0.15, 0.2) is 0 Å². The first kappa shape index (κ1) is 40.7. The van der Waals surface area contributed by atoms with Gasteiger partial charge in [-0.1, -0.05) is 0 Å². The molecular formula is C22H53NO14Si4. The SMILES string of the molecule is CCO[Si](OCC)(OCC)O[Si](CCCOC(N)=O)(O[Si](OCC)(OCC)OCC)O[Si](OCC)(OCC)OCC. The van der Waals surface area contributed by atoms with E-state index in [9.17, 15) is 4.79 Å². The van der Waals surface area contributed by atoms with Crippen molar-refractivity contribution in [2.45, 2.75) is 74.8 Å². The molecule has 0 bridgehead atoms. The van der Waals surface area contributed by atoms with Crippen molar-refractivity contribution >= 4 is 42.0 Å². The van der Waals surface area contributed by atoms with Gasteiger partial charge in [0.25, 0.3) is 0 Å². The summed E-state index contributed by atoms with van der Waals surface area (Å²) in [6.45, 7) is 17.9. The van der Waals surface area contributed by atoms with Crippen LogP contribution in [0.2, 0.25) is 6.04 Å². The van der Waals surface area contributed by atoms with Crippen LogP contribution in [0.3, 0.4) is 0 Å². The van der Waals surface area contributed by atoms with Gasteiger partial charge < -0.3 is 62.7 Å². The molecule has 0 aromatic rings. The molecule has 1 amide bonds. The van der Waals surface area contributed by atoms with Gasteiger partial charge in [-0.05, 0) is 68.7 Å². The van der Waals surface area contributed by atoms with E-state index in [2.05, 4.69) is 0 Å². The van der Waals surface area contributed by atoms with Crippen LogP contribution in [0.15, 0.2) is 0 Å². The van der Waals surface area contributed by atoms with Crippen molar-refractivity contribution in [3.63, 3.8) is 0 Å². The summed E-state index contributed by atoms with van der Waals surface area (Å²) in [5.41, 5.74) is 5.20. The largest absolute Gasteiger partial charge is 0.672 e. The number of carbonyl (C=O) groups excluding carboxylic acids is 1. The number of carbonyl (C=O) groups is 1. The summed E-state index contributed by atoms with van der Waals surface area (Å²) >= 11 is 0. The molecule has 41 heavy (non-hydrogen) atoms.